The van der Waals surface area contributed by atoms with Crippen LogP contribution in [0.4, 0.5) is 6.01 Å². The molecule has 0 aliphatic carbocycles. The van der Waals surface area contributed by atoms with E-state index in [4.69, 9.17) is 4.42 Å². The molecule has 3 aromatic rings. The van der Waals surface area contributed by atoms with Gasteiger partial charge in [0.1, 0.15) is 0 Å². The van der Waals surface area contributed by atoms with Gasteiger partial charge in [0.2, 0.25) is 11.8 Å². The molecule has 0 bridgehead atoms. The van der Waals surface area contributed by atoms with E-state index in [0.717, 1.165) is 11.8 Å². The highest BCUT2D eigenvalue weighted by molar-refractivity contribution is 7.98. The number of amides is 1. The van der Waals surface area contributed by atoms with Gasteiger partial charge in [-0.05, 0) is 41.6 Å². The third-order valence-electron chi connectivity index (χ3n) is 3.94. The molecule has 28 heavy (non-hydrogen) atoms. The van der Waals surface area contributed by atoms with Gasteiger partial charge in [-0.3, -0.25) is 10.1 Å². The Balaban J connectivity index is 1.57. The second-order valence-electron chi connectivity index (χ2n) is 6.17. The number of hydrogen-bond acceptors (Lipinski definition) is 7. The first-order chi connectivity index (χ1) is 13.3. The van der Waals surface area contributed by atoms with E-state index in [1.165, 1.54) is 17.0 Å². The third kappa shape index (κ3) is 5.43. The summed E-state index contributed by atoms with van der Waals surface area (Å²) in [7, 11) is -3.26. The second kappa shape index (κ2) is 8.57. The summed E-state index contributed by atoms with van der Waals surface area (Å²) in [5, 5.41) is 10.4. The number of nitrogens with one attached hydrogen (secondary N) is 1. The molecule has 1 N–H and O–H groups in total. The summed E-state index contributed by atoms with van der Waals surface area (Å²) in [5.74, 6) is 0.0799. The maximum absolute atomic E-state index is 12.1. The van der Waals surface area contributed by atoms with Crippen molar-refractivity contribution < 1.29 is 17.6 Å². The molecule has 3 rings (SSSR count). The topological polar surface area (TPSA) is 102 Å². The van der Waals surface area contributed by atoms with Crippen LogP contribution in [0, 0.1) is 0 Å². The summed E-state index contributed by atoms with van der Waals surface area (Å²) in [5.41, 5.74) is 1.71. The van der Waals surface area contributed by atoms with Gasteiger partial charge >= 0.3 is 6.01 Å². The number of thioether (sulfide) groups is 1. The molecule has 2 aromatic carbocycles. The van der Waals surface area contributed by atoms with Gasteiger partial charge in [0.15, 0.2) is 9.84 Å². The predicted octanol–water partition coefficient (Wildman–Crippen LogP) is 2.97. The molecule has 1 amide bonds. The molecule has 0 aliphatic rings. The van der Waals surface area contributed by atoms with Crippen molar-refractivity contribution in [1.29, 1.82) is 0 Å². The molecule has 146 valence electrons. The molecule has 0 spiro atoms. The number of aromatic nitrogens is 2. The van der Waals surface area contributed by atoms with Crippen molar-refractivity contribution in [2.75, 3.05) is 17.8 Å². The Morgan fingerprint density at radius 2 is 1.68 bits per heavy atom. The molecule has 7 nitrogen and oxygen atoms in total. The Hall–Kier alpha value is -2.65. The molecule has 0 saturated heterocycles. The highest BCUT2D eigenvalue weighted by Crippen LogP contribution is 2.17. The van der Waals surface area contributed by atoms with Crippen molar-refractivity contribution in [3.63, 3.8) is 0 Å². The molecule has 0 aliphatic heterocycles. The fraction of sp³-hybridized carbons (Fsp3) is 0.211. The third-order valence-corrected chi connectivity index (χ3v) is 5.82. The van der Waals surface area contributed by atoms with E-state index >= 15 is 0 Å². The largest absolute Gasteiger partial charge is 0.407 e. The van der Waals surface area contributed by atoms with E-state index in [1.807, 2.05) is 30.5 Å². The first-order valence-electron chi connectivity index (χ1n) is 8.37. The standard InChI is InChI=1S/C19H19N3O4S2/c1-27-15-7-3-14(4-8-15)12-18-21-22-19(26-18)20-17(23)11-13-5-9-16(10-6-13)28(2,24)25/h3-10H,11-12H2,1-2H3,(H,20,22,23). The summed E-state index contributed by atoms with van der Waals surface area (Å²) in [4.78, 5) is 13.5. The highest BCUT2D eigenvalue weighted by atomic mass is 32.2. The normalized spacial score (nSPS) is 11.4. The van der Waals surface area contributed by atoms with Crippen LogP contribution in [0.1, 0.15) is 17.0 Å². The second-order valence-corrected chi connectivity index (χ2v) is 9.06. The van der Waals surface area contributed by atoms with Gasteiger partial charge in [-0.1, -0.05) is 29.4 Å². The lowest BCUT2D eigenvalue weighted by Crippen LogP contribution is -2.14. The monoisotopic (exact) mass is 417 g/mol. The van der Waals surface area contributed by atoms with Crippen molar-refractivity contribution in [2.45, 2.75) is 22.6 Å². The summed E-state index contributed by atoms with van der Waals surface area (Å²) in [6, 6.07) is 14.2. The van der Waals surface area contributed by atoms with Crippen molar-refractivity contribution >= 4 is 33.5 Å². The van der Waals surface area contributed by atoms with Crippen LogP contribution in [-0.2, 0) is 27.5 Å². The molecule has 0 fully saturated rings. The fourth-order valence-corrected chi connectivity index (χ4v) is 3.54. The van der Waals surface area contributed by atoms with Crippen molar-refractivity contribution in [1.82, 2.24) is 10.2 Å². The van der Waals surface area contributed by atoms with Crippen LogP contribution in [0.15, 0.2) is 62.7 Å². The van der Waals surface area contributed by atoms with Gasteiger partial charge in [0.05, 0.1) is 17.7 Å². The van der Waals surface area contributed by atoms with E-state index in [2.05, 4.69) is 15.5 Å². The van der Waals surface area contributed by atoms with Crippen LogP contribution in [0.25, 0.3) is 0 Å². The van der Waals surface area contributed by atoms with E-state index in [0.29, 0.717) is 17.9 Å². The van der Waals surface area contributed by atoms with Crippen molar-refractivity contribution in [3.05, 3.63) is 65.5 Å². The minimum atomic E-state index is -3.26. The van der Waals surface area contributed by atoms with Crippen LogP contribution in [0.3, 0.4) is 0 Å². The number of benzene rings is 2. The van der Waals surface area contributed by atoms with Crippen LogP contribution in [0.5, 0.6) is 0 Å². The zero-order valence-corrected chi connectivity index (χ0v) is 17.0. The molecule has 0 saturated carbocycles. The Labute approximate surface area is 167 Å². The van der Waals surface area contributed by atoms with Crippen molar-refractivity contribution in [2.24, 2.45) is 0 Å². The zero-order chi connectivity index (χ0) is 20.1. The van der Waals surface area contributed by atoms with E-state index in [-0.39, 0.29) is 23.2 Å². The number of carbonyl (C=O) groups excluding carboxylic acids is 1. The van der Waals surface area contributed by atoms with E-state index in [1.54, 1.807) is 23.9 Å². The molecule has 9 heteroatoms. The quantitative estimate of drug-likeness (QED) is 0.590. The minimum Gasteiger partial charge on any atom is -0.407 e. The van der Waals surface area contributed by atoms with E-state index < -0.39 is 9.84 Å². The SMILES string of the molecule is CSc1ccc(Cc2nnc(NC(=O)Cc3ccc(S(C)(=O)=O)cc3)o2)cc1. The molecule has 1 aromatic heterocycles. The Kier molecular flexibility index (Phi) is 6.15. The zero-order valence-electron chi connectivity index (χ0n) is 15.4. The first kappa shape index (κ1) is 20.1. The van der Waals surface area contributed by atoms with Gasteiger partial charge < -0.3 is 4.42 Å². The van der Waals surface area contributed by atoms with E-state index in [9.17, 15) is 13.2 Å². The number of anilines is 1. The van der Waals surface area contributed by atoms with Gasteiger partial charge in [0.25, 0.3) is 0 Å². The molecular formula is C19H19N3O4S2. The maximum Gasteiger partial charge on any atom is 0.322 e. The molecule has 0 unspecified atom stereocenters. The Bertz CT molecular complexity index is 1060. The summed E-state index contributed by atoms with van der Waals surface area (Å²) >= 11 is 1.67. The van der Waals surface area contributed by atoms with Gasteiger partial charge in [-0.15, -0.1) is 16.9 Å². The average Bonchev–Trinajstić information content (AvgIpc) is 3.08. The Morgan fingerprint density at radius 1 is 1.04 bits per heavy atom. The molecule has 1 heterocycles. The lowest BCUT2D eigenvalue weighted by atomic mass is 10.1. The molecular weight excluding hydrogens is 398 g/mol. The van der Waals surface area contributed by atoms with Crippen LogP contribution >= 0.6 is 11.8 Å². The summed E-state index contributed by atoms with van der Waals surface area (Å²) < 4.78 is 28.4. The Morgan fingerprint density at radius 3 is 2.29 bits per heavy atom. The lowest BCUT2D eigenvalue weighted by Gasteiger charge is -2.03. The molecule has 0 atom stereocenters. The number of carbonyl (C=O) groups is 1. The molecule has 0 radical (unpaired) electrons. The summed E-state index contributed by atoms with van der Waals surface area (Å²) in [6.45, 7) is 0. The minimum absolute atomic E-state index is 0.0356. The maximum atomic E-state index is 12.1. The first-order valence-corrected chi connectivity index (χ1v) is 11.5. The number of rotatable bonds is 7. The van der Waals surface area contributed by atoms with Crippen molar-refractivity contribution in [3.8, 4) is 0 Å². The number of sulfone groups is 1. The average molecular weight is 418 g/mol. The van der Waals surface area contributed by atoms with Crippen LogP contribution < -0.4 is 5.32 Å². The highest BCUT2D eigenvalue weighted by Gasteiger charge is 2.12. The van der Waals surface area contributed by atoms with Crippen LogP contribution in [-0.4, -0.2) is 37.0 Å². The number of nitrogens with zero attached hydrogens (tertiary/aromatic N) is 2. The summed E-state index contributed by atoms with van der Waals surface area (Å²) in [6.07, 6.45) is 3.70. The smallest absolute Gasteiger partial charge is 0.322 e. The van der Waals surface area contributed by atoms with Gasteiger partial charge in [-0.2, -0.15) is 0 Å². The van der Waals surface area contributed by atoms with Gasteiger partial charge in [0, 0.05) is 11.2 Å². The van der Waals surface area contributed by atoms with Gasteiger partial charge in [-0.25, -0.2) is 8.42 Å². The lowest BCUT2D eigenvalue weighted by molar-refractivity contribution is -0.115. The number of hydrogen-bond donors (Lipinski definition) is 1. The van der Waals surface area contributed by atoms with Crippen LogP contribution in [0.2, 0.25) is 0 Å². The fourth-order valence-electron chi connectivity index (χ4n) is 2.50. The predicted molar refractivity (Wildman–Crippen MR) is 107 cm³/mol.